The summed E-state index contributed by atoms with van der Waals surface area (Å²) < 4.78 is 8.65. The molecule has 0 radical (unpaired) electrons. The predicted octanol–water partition coefficient (Wildman–Crippen LogP) is 2.30. The molecule has 0 aliphatic heterocycles. The Morgan fingerprint density at radius 2 is 2.03 bits per heavy atom. The van der Waals surface area contributed by atoms with Crippen LogP contribution in [0.5, 0.6) is 5.75 Å². The molecule has 0 saturated carbocycles. The molecule has 0 fully saturated rings. The molecule has 3 rings (SSSR count). The molecule has 1 atom stereocenters. The van der Waals surface area contributed by atoms with Crippen LogP contribution in [0.25, 0.3) is 0 Å². The number of ether oxygens (including phenoxy) is 1. The van der Waals surface area contributed by atoms with Crippen LogP contribution in [0.15, 0.2) is 53.6 Å². The van der Waals surface area contributed by atoms with Gasteiger partial charge in [-0.25, -0.2) is 9.67 Å². The number of benzene rings is 1. The van der Waals surface area contributed by atoms with Crippen LogP contribution in [0.4, 0.5) is 0 Å². The predicted molar refractivity (Wildman–Crippen MR) is 109 cm³/mol. The zero-order valence-electron chi connectivity index (χ0n) is 16.8. The molecule has 0 saturated heterocycles. The number of aromatic nitrogens is 4. The maximum atomic E-state index is 13.0. The van der Waals surface area contributed by atoms with E-state index in [0.29, 0.717) is 18.1 Å². The minimum atomic E-state index is -0.545. The van der Waals surface area contributed by atoms with Gasteiger partial charge in [0.25, 0.3) is 11.5 Å². The third-order valence-electron chi connectivity index (χ3n) is 4.66. The summed E-state index contributed by atoms with van der Waals surface area (Å²) in [5, 5.41) is 7.23. The first-order valence-electron chi connectivity index (χ1n) is 9.54. The van der Waals surface area contributed by atoms with Gasteiger partial charge in [0.1, 0.15) is 23.3 Å². The molecule has 2 heterocycles. The lowest BCUT2D eigenvalue weighted by Crippen LogP contribution is -2.34. The smallest absolute Gasteiger partial charge is 0.272 e. The molecular formula is C21H25N5O3. The minimum Gasteiger partial charge on any atom is -0.496 e. The molecule has 8 heteroatoms. The van der Waals surface area contributed by atoms with Gasteiger partial charge in [-0.2, -0.15) is 5.10 Å². The molecule has 1 unspecified atom stereocenters. The number of hydrogen-bond acceptors (Lipinski definition) is 5. The van der Waals surface area contributed by atoms with E-state index < -0.39 is 11.9 Å². The van der Waals surface area contributed by atoms with Gasteiger partial charge in [-0.15, -0.1) is 0 Å². The zero-order chi connectivity index (χ0) is 20.8. The number of carbonyl (C=O) groups is 1. The Kier molecular flexibility index (Phi) is 6.43. The molecule has 0 aliphatic carbocycles. The number of amides is 1. The quantitative estimate of drug-likeness (QED) is 0.632. The highest BCUT2D eigenvalue weighted by Crippen LogP contribution is 2.29. The van der Waals surface area contributed by atoms with Crippen molar-refractivity contribution in [2.45, 2.75) is 32.4 Å². The molecule has 1 aromatic carbocycles. The number of hydrogen-bond donors (Lipinski definition) is 1. The average Bonchev–Trinajstić information content (AvgIpc) is 3.16. The van der Waals surface area contributed by atoms with Crippen molar-refractivity contribution >= 4 is 5.91 Å². The molecule has 152 valence electrons. The molecule has 29 heavy (non-hydrogen) atoms. The number of carbonyl (C=O) groups excluding carboxylic acids is 1. The van der Waals surface area contributed by atoms with E-state index in [2.05, 4.69) is 15.4 Å². The summed E-state index contributed by atoms with van der Waals surface area (Å²) in [7, 11) is 3.45. The van der Waals surface area contributed by atoms with Crippen molar-refractivity contribution in [1.29, 1.82) is 0 Å². The lowest BCUT2D eigenvalue weighted by molar-refractivity contribution is 0.0933. The minimum absolute atomic E-state index is 0.176. The number of aryl methyl sites for hydroxylation is 2. The molecule has 8 nitrogen and oxygen atoms in total. The first kappa shape index (κ1) is 20.3. The highest BCUT2D eigenvalue weighted by atomic mass is 16.5. The van der Waals surface area contributed by atoms with Crippen molar-refractivity contribution in [2.75, 3.05) is 7.11 Å². The summed E-state index contributed by atoms with van der Waals surface area (Å²) in [6.45, 7) is 2.51. The van der Waals surface area contributed by atoms with Gasteiger partial charge in [0, 0.05) is 37.6 Å². The third-order valence-corrected chi connectivity index (χ3v) is 4.66. The van der Waals surface area contributed by atoms with Crippen molar-refractivity contribution in [3.05, 3.63) is 76.2 Å². The first-order chi connectivity index (χ1) is 14.0. The molecular weight excluding hydrogens is 370 g/mol. The van der Waals surface area contributed by atoms with E-state index >= 15 is 0 Å². The Balaban J connectivity index is 1.96. The Morgan fingerprint density at radius 1 is 1.24 bits per heavy atom. The summed E-state index contributed by atoms with van der Waals surface area (Å²) in [5.74, 6) is 0.901. The van der Waals surface area contributed by atoms with E-state index in [4.69, 9.17) is 4.74 Å². The lowest BCUT2D eigenvalue weighted by atomic mass is 10.0. The molecule has 0 bridgehead atoms. The largest absolute Gasteiger partial charge is 0.496 e. The van der Waals surface area contributed by atoms with Gasteiger partial charge >= 0.3 is 0 Å². The number of para-hydroxylation sites is 1. The summed E-state index contributed by atoms with van der Waals surface area (Å²) in [4.78, 5) is 29.4. The Hall–Kier alpha value is -3.42. The summed E-state index contributed by atoms with van der Waals surface area (Å²) in [6.07, 6.45) is 5.23. The Bertz CT molecular complexity index is 1040. The van der Waals surface area contributed by atoms with Gasteiger partial charge < -0.3 is 14.6 Å². The molecule has 1 N–H and O–H groups in total. The molecule has 2 aromatic heterocycles. The fourth-order valence-electron chi connectivity index (χ4n) is 3.08. The van der Waals surface area contributed by atoms with Gasteiger partial charge in [-0.05, 0) is 18.6 Å². The number of unbranched alkanes of at least 4 members (excludes halogenated alkanes) is 1. The van der Waals surface area contributed by atoms with E-state index in [0.717, 1.165) is 18.4 Å². The molecule has 3 aromatic rings. The molecule has 0 aliphatic rings. The van der Waals surface area contributed by atoms with Crippen molar-refractivity contribution < 1.29 is 9.53 Å². The van der Waals surface area contributed by atoms with Crippen molar-refractivity contribution in [2.24, 2.45) is 7.05 Å². The van der Waals surface area contributed by atoms with E-state index in [-0.39, 0.29) is 11.3 Å². The normalized spacial score (nSPS) is 11.8. The second-order valence-corrected chi connectivity index (χ2v) is 6.68. The van der Waals surface area contributed by atoms with E-state index in [1.807, 2.05) is 49.0 Å². The van der Waals surface area contributed by atoms with Gasteiger partial charge in [0.15, 0.2) is 0 Å². The van der Waals surface area contributed by atoms with Crippen LogP contribution in [0.2, 0.25) is 0 Å². The number of rotatable bonds is 8. The van der Waals surface area contributed by atoms with Gasteiger partial charge in [0.2, 0.25) is 0 Å². The van der Waals surface area contributed by atoms with Crippen molar-refractivity contribution in [3.63, 3.8) is 0 Å². The fraction of sp³-hybridized carbons (Fsp3) is 0.333. The Labute approximate surface area is 169 Å². The highest BCUT2D eigenvalue weighted by Gasteiger charge is 2.25. The standard InChI is InChI=1S/C21H25N5O3/c1-4-5-13-26-18(27)11-10-16(24-26)21(28)23-19(20-22-12-14-25(20)2)15-8-6-7-9-17(15)29-3/h6-12,14,19H,4-5,13H2,1-3H3,(H,23,28). The van der Waals surface area contributed by atoms with Gasteiger partial charge in [0.05, 0.1) is 7.11 Å². The number of nitrogens with zero attached hydrogens (tertiary/aromatic N) is 4. The van der Waals surface area contributed by atoms with E-state index in [1.54, 1.807) is 13.3 Å². The van der Waals surface area contributed by atoms with Crippen LogP contribution in [0.1, 0.15) is 47.7 Å². The fourth-order valence-corrected chi connectivity index (χ4v) is 3.08. The maximum absolute atomic E-state index is 13.0. The topological polar surface area (TPSA) is 91.0 Å². The van der Waals surface area contributed by atoms with Crippen molar-refractivity contribution in [3.8, 4) is 5.75 Å². The second kappa shape index (κ2) is 9.18. The molecule has 1 amide bonds. The number of nitrogens with one attached hydrogen (secondary N) is 1. The van der Waals surface area contributed by atoms with Gasteiger partial charge in [-0.3, -0.25) is 9.59 Å². The Morgan fingerprint density at radius 3 is 2.72 bits per heavy atom. The van der Waals surface area contributed by atoms with Crippen LogP contribution < -0.4 is 15.6 Å². The second-order valence-electron chi connectivity index (χ2n) is 6.68. The van der Waals surface area contributed by atoms with E-state index in [9.17, 15) is 9.59 Å². The maximum Gasteiger partial charge on any atom is 0.272 e. The monoisotopic (exact) mass is 395 g/mol. The van der Waals surface area contributed by atoms with Crippen LogP contribution >= 0.6 is 0 Å². The summed E-state index contributed by atoms with van der Waals surface area (Å²) in [5.41, 5.74) is 0.729. The van der Waals surface area contributed by atoms with Crippen LogP contribution in [0, 0.1) is 0 Å². The van der Waals surface area contributed by atoms with Gasteiger partial charge in [-0.1, -0.05) is 31.5 Å². The lowest BCUT2D eigenvalue weighted by Gasteiger charge is -2.21. The van der Waals surface area contributed by atoms with Crippen LogP contribution in [0.3, 0.4) is 0 Å². The zero-order valence-corrected chi connectivity index (χ0v) is 16.8. The summed E-state index contributed by atoms with van der Waals surface area (Å²) in [6, 6.07) is 9.73. The van der Waals surface area contributed by atoms with Crippen LogP contribution in [-0.2, 0) is 13.6 Å². The summed E-state index contributed by atoms with van der Waals surface area (Å²) >= 11 is 0. The number of imidazole rings is 1. The van der Waals surface area contributed by atoms with Crippen molar-refractivity contribution in [1.82, 2.24) is 24.6 Å². The average molecular weight is 395 g/mol. The van der Waals surface area contributed by atoms with E-state index in [1.165, 1.54) is 16.8 Å². The highest BCUT2D eigenvalue weighted by molar-refractivity contribution is 5.92. The SMILES string of the molecule is CCCCn1nc(C(=O)NC(c2ccccc2OC)c2nccn2C)ccc1=O. The third kappa shape index (κ3) is 4.53. The number of methoxy groups -OCH3 is 1. The molecule has 0 spiro atoms. The first-order valence-corrected chi connectivity index (χ1v) is 9.54. The van der Waals surface area contributed by atoms with Crippen LogP contribution in [-0.4, -0.2) is 32.3 Å².